The van der Waals surface area contributed by atoms with Gasteiger partial charge in [0, 0.05) is 31.7 Å². The SMILES string of the molecule is CC(=O)N1CCC(Nc2ccc3nc(C)sc3c2)CC1. The first kappa shape index (κ1) is 13.4. The minimum Gasteiger partial charge on any atom is -0.382 e. The number of amides is 1. The summed E-state index contributed by atoms with van der Waals surface area (Å²) >= 11 is 1.73. The molecule has 2 aromatic rings. The predicted molar refractivity (Wildman–Crippen MR) is 83.3 cm³/mol. The van der Waals surface area contributed by atoms with E-state index < -0.39 is 0 Å². The molecule has 0 spiro atoms. The van der Waals surface area contributed by atoms with E-state index in [2.05, 4.69) is 28.5 Å². The molecule has 4 nitrogen and oxygen atoms in total. The van der Waals surface area contributed by atoms with Gasteiger partial charge in [-0.3, -0.25) is 4.79 Å². The van der Waals surface area contributed by atoms with Crippen LogP contribution in [0.3, 0.4) is 0 Å². The molecule has 0 aliphatic carbocycles. The molecule has 1 aromatic carbocycles. The molecule has 0 saturated carbocycles. The second kappa shape index (κ2) is 5.40. The van der Waals surface area contributed by atoms with Gasteiger partial charge in [0.15, 0.2) is 0 Å². The standard InChI is InChI=1S/C15H19N3OS/c1-10-16-14-4-3-13(9-15(14)20-10)17-12-5-7-18(8-6-12)11(2)19/h3-4,9,12,17H,5-8H2,1-2H3. The fourth-order valence-corrected chi connectivity index (χ4v) is 3.57. The van der Waals surface area contributed by atoms with E-state index in [1.807, 2.05) is 11.8 Å². The number of carbonyl (C=O) groups excluding carboxylic acids is 1. The molecular weight excluding hydrogens is 270 g/mol. The molecule has 20 heavy (non-hydrogen) atoms. The fraction of sp³-hybridized carbons (Fsp3) is 0.467. The lowest BCUT2D eigenvalue weighted by molar-refractivity contribution is -0.129. The molecule has 5 heteroatoms. The van der Waals surface area contributed by atoms with Crippen molar-refractivity contribution in [2.75, 3.05) is 18.4 Å². The third-order valence-electron chi connectivity index (χ3n) is 3.81. The Kier molecular flexibility index (Phi) is 3.61. The number of carbonyl (C=O) groups is 1. The number of hydrogen-bond acceptors (Lipinski definition) is 4. The van der Waals surface area contributed by atoms with E-state index in [0.29, 0.717) is 6.04 Å². The number of aromatic nitrogens is 1. The second-order valence-corrected chi connectivity index (χ2v) is 6.57. The van der Waals surface area contributed by atoms with Gasteiger partial charge in [-0.05, 0) is 38.0 Å². The molecule has 1 amide bonds. The third-order valence-corrected chi connectivity index (χ3v) is 4.74. The Bertz CT molecular complexity index is 629. The number of nitrogens with one attached hydrogen (secondary N) is 1. The van der Waals surface area contributed by atoms with Crippen LogP contribution in [0.5, 0.6) is 0 Å². The van der Waals surface area contributed by atoms with Crippen molar-refractivity contribution in [1.82, 2.24) is 9.88 Å². The Morgan fingerprint density at radius 1 is 1.40 bits per heavy atom. The normalized spacial score (nSPS) is 16.6. The van der Waals surface area contributed by atoms with Crippen LogP contribution in [0.2, 0.25) is 0 Å². The molecule has 2 heterocycles. The van der Waals surface area contributed by atoms with E-state index in [1.54, 1.807) is 18.3 Å². The van der Waals surface area contributed by atoms with Crippen LogP contribution in [-0.4, -0.2) is 34.9 Å². The van der Waals surface area contributed by atoms with E-state index in [9.17, 15) is 4.79 Å². The van der Waals surface area contributed by atoms with Crippen LogP contribution in [0.25, 0.3) is 10.2 Å². The second-order valence-electron chi connectivity index (χ2n) is 5.34. The van der Waals surface area contributed by atoms with Crippen molar-refractivity contribution in [2.45, 2.75) is 32.7 Å². The van der Waals surface area contributed by atoms with Gasteiger partial charge in [-0.2, -0.15) is 0 Å². The molecule has 0 radical (unpaired) electrons. The number of thiazole rings is 1. The summed E-state index contributed by atoms with van der Waals surface area (Å²) in [5.41, 5.74) is 2.23. The zero-order valence-corrected chi connectivity index (χ0v) is 12.7. The summed E-state index contributed by atoms with van der Waals surface area (Å²) in [4.78, 5) is 17.7. The molecule has 1 aliphatic heterocycles. The highest BCUT2D eigenvalue weighted by molar-refractivity contribution is 7.18. The molecular formula is C15H19N3OS. The lowest BCUT2D eigenvalue weighted by Gasteiger charge is -2.32. The van der Waals surface area contributed by atoms with E-state index in [1.165, 1.54) is 4.70 Å². The predicted octanol–water partition coefficient (Wildman–Crippen LogP) is 3.03. The highest BCUT2D eigenvalue weighted by Gasteiger charge is 2.20. The average molecular weight is 289 g/mol. The van der Waals surface area contributed by atoms with Gasteiger partial charge in [-0.15, -0.1) is 11.3 Å². The van der Waals surface area contributed by atoms with Crippen molar-refractivity contribution in [3.8, 4) is 0 Å². The van der Waals surface area contributed by atoms with Gasteiger partial charge in [-0.25, -0.2) is 4.98 Å². The summed E-state index contributed by atoms with van der Waals surface area (Å²) in [6.45, 7) is 5.40. The molecule has 0 bridgehead atoms. The Balaban J connectivity index is 1.66. The smallest absolute Gasteiger partial charge is 0.219 e. The molecule has 0 unspecified atom stereocenters. The molecule has 106 valence electrons. The number of aryl methyl sites for hydroxylation is 1. The van der Waals surface area contributed by atoms with E-state index >= 15 is 0 Å². The number of rotatable bonds is 2. The fourth-order valence-electron chi connectivity index (χ4n) is 2.70. The number of hydrogen-bond donors (Lipinski definition) is 1. The maximum absolute atomic E-state index is 11.3. The summed E-state index contributed by atoms with van der Waals surface area (Å²) in [7, 11) is 0. The van der Waals surface area contributed by atoms with Crippen molar-refractivity contribution in [2.24, 2.45) is 0 Å². The van der Waals surface area contributed by atoms with Gasteiger partial charge < -0.3 is 10.2 Å². The van der Waals surface area contributed by atoms with Crippen molar-refractivity contribution < 1.29 is 4.79 Å². The Morgan fingerprint density at radius 3 is 2.85 bits per heavy atom. The van der Waals surface area contributed by atoms with Gasteiger partial charge in [0.2, 0.25) is 5.91 Å². The van der Waals surface area contributed by atoms with Crippen LogP contribution in [0.1, 0.15) is 24.8 Å². The summed E-state index contributed by atoms with van der Waals surface area (Å²) in [5.74, 6) is 0.185. The zero-order valence-electron chi connectivity index (χ0n) is 11.8. The van der Waals surface area contributed by atoms with Crippen LogP contribution in [0.15, 0.2) is 18.2 Å². The quantitative estimate of drug-likeness (QED) is 0.924. The van der Waals surface area contributed by atoms with Crippen molar-refractivity contribution in [3.63, 3.8) is 0 Å². The van der Waals surface area contributed by atoms with Gasteiger partial charge in [0.05, 0.1) is 15.2 Å². The number of fused-ring (bicyclic) bond motifs is 1. The van der Waals surface area contributed by atoms with E-state index in [-0.39, 0.29) is 5.91 Å². The van der Waals surface area contributed by atoms with Gasteiger partial charge in [-0.1, -0.05) is 0 Å². The highest BCUT2D eigenvalue weighted by Crippen LogP contribution is 2.26. The molecule has 1 saturated heterocycles. The number of benzene rings is 1. The topological polar surface area (TPSA) is 45.2 Å². The van der Waals surface area contributed by atoms with E-state index in [4.69, 9.17) is 0 Å². The van der Waals surface area contributed by atoms with Gasteiger partial charge >= 0.3 is 0 Å². The maximum Gasteiger partial charge on any atom is 0.219 e. The third kappa shape index (κ3) is 2.77. The number of anilines is 1. The molecule has 0 atom stereocenters. The summed E-state index contributed by atoms with van der Waals surface area (Å²) < 4.78 is 1.23. The lowest BCUT2D eigenvalue weighted by Crippen LogP contribution is -2.41. The number of likely N-dealkylation sites (tertiary alicyclic amines) is 1. The summed E-state index contributed by atoms with van der Waals surface area (Å²) in [6.07, 6.45) is 2.03. The zero-order chi connectivity index (χ0) is 14.1. The van der Waals surface area contributed by atoms with Crippen LogP contribution in [0, 0.1) is 6.92 Å². The lowest BCUT2D eigenvalue weighted by atomic mass is 10.0. The largest absolute Gasteiger partial charge is 0.382 e. The summed E-state index contributed by atoms with van der Waals surface area (Å²) in [5, 5.41) is 4.69. The van der Waals surface area contributed by atoms with Crippen LogP contribution in [-0.2, 0) is 4.79 Å². The Morgan fingerprint density at radius 2 is 2.15 bits per heavy atom. The number of nitrogens with zero attached hydrogens (tertiary/aromatic N) is 2. The van der Waals surface area contributed by atoms with E-state index in [0.717, 1.165) is 42.1 Å². The Labute approximate surface area is 122 Å². The van der Waals surface area contributed by atoms with Crippen LogP contribution >= 0.6 is 11.3 Å². The van der Waals surface area contributed by atoms with Crippen molar-refractivity contribution in [1.29, 1.82) is 0 Å². The maximum atomic E-state index is 11.3. The molecule has 1 N–H and O–H groups in total. The first-order valence-electron chi connectivity index (χ1n) is 7.01. The van der Waals surface area contributed by atoms with Crippen molar-refractivity contribution in [3.05, 3.63) is 23.2 Å². The average Bonchev–Trinajstić information content (AvgIpc) is 2.78. The van der Waals surface area contributed by atoms with Gasteiger partial charge in [0.1, 0.15) is 0 Å². The minimum atomic E-state index is 0.185. The van der Waals surface area contributed by atoms with Crippen LogP contribution in [0.4, 0.5) is 5.69 Å². The first-order chi connectivity index (χ1) is 9.61. The monoisotopic (exact) mass is 289 g/mol. The van der Waals surface area contributed by atoms with Gasteiger partial charge in [0.25, 0.3) is 0 Å². The Hall–Kier alpha value is -1.62. The van der Waals surface area contributed by atoms with Crippen molar-refractivity contribution >= 4 is 33.1 Å². The number of piperidine rings is 1. The summed E-state index contributed by atoms with van der Waals surface area (Å²) in [6, 6.07) is 6.80. The first-order valence-corrected chi connectivity index (χ1v) is 7.83. The molecule has 1 fully saturated rings. The molecule has 3 rings (SSSR count). The van der Waals surface area contributed by atoms with Crippen LogP contribution < -0.4 is 5.32 Å². The molecule has 1 aromatic heterocycles. The highest BCUT2D eigenvalue weighted by atomic mass is 32.1. The molecule has 1 aliphatic rings. The minimum absolute atomic E-state index is 0.185.